The third kappa shape index (κ3) is 3.42. The molecule has 134 valence electrons. The summed E-state index contributed by atoms with van der Waals surface area (Å²) in [7, 11) is 3.12. The van der Waals surface area contributed by atoms with Crippen molar-refractivity contribution in [3.05, 3.63) is 57.4 Å². The molecule has 0 saturated heterocycles. The number of anilines is 2. The van der Waals surface area contributed by atoms with Gasteiger partial charge in [-0.2, -0.15) is 0 Å². The molecule has 0 radical (unpaired) electrons. The van der Waals surface area contributed by atoms with Crippen LogP contribution >= 0.6 is 23.6 Å². The lowest BCUT2D eigenvalue weighted by atomic mass is 10.2. The van der Waals surface area contributed by atoms with Gasteiger partial charge in [0, 0.05) is 11.8 Å². The number of hydrogen-bond donors (Lipinski definition) is 2. The first kappa shape index (κ1) is 18.0. The molecule has 0 aliphatic heterocycles. The zero-order chi connectivity index (χ0) is 18.7. The fraction of sp³-hybridized carbons (Fsp3) is 0.111. The molecule has 0 fully saturated rings. The molecule has 3 rings (SSSR count). The normalized spacial score (nSPS) is 10.4. The van der Waals surface area contributed by atoms with Gasteiger partial charge in [-0.15, -0.1) is 0 Å². The molecule has 1 heterocycles. The first-order valence-electron chi connectivity index (χ1n) is 7.65. The Morgan fingerprint density at radius 2 is 1.88 bits per heavy atom. The van der Waals surface area contributed by atoms with Crippen molar-refractivity contribution in [3.63, 3.8) is 0 Å². The van der Waals surface area contributed by atoms with Crippen molar-refractivity contribution in [3.8, 4) is 17.2 Å². The van der Waals surface area contributed by atoms with Crippen molar-refractivity contribution in [2.45, 2.75) is 0 Å². The van der Waals surface area contributed by atoms with Gasteiger partial charge in [0.2, 0.25) is 0 Å². The minimum absolute atomic E-state index is 0.261. The Balaban J connectivity index is 2.01. The maximum Gasteiger partial charge on any atom is 0.269 e. The lowest BCUT2D eigenvalue weighted by Crippen LogP contribution is -2.13. The van der Waals surface area contributed by atoms with Gasteiger partial charge in [0.25, 0.3) is 5.91 Å². The summed E-state index contributed by atoms with van der Waals surface area (Å²) in [6.45, 7) is 0. The zero-order valence-corrected chi connectivity index (χ0v) is 15.8. The van der Waals surface area contributed by atoms with E-state index in [9.17, 15) is 4.79 Å². The average molecular weight is 387 g/mol. The molecular formula is C18H17N3O3S2. The van der Waals surface area contributed by atoms with Crippen molar-refractivity contribution in [2.75, 3.05) is 25.3 Å². The van der Waals surface area contributed by atoms with Crippen LogP contribution < -0.4 is 20.5 Å². The van der Waals surface area contributed by atoms with E-state index in [1.807, 2.05) is 18.2 Å². The van der Waals surface area contributed by atoms with E-state index in [4.69, 9.17) is 27.4 Å². The van der Waals surface area contributed by atoms with E-state index in [-0.39, 0.29) is 11.7 Å². The van der Waals surface area contributed by atoms with Crippen LogP contribution in [-0.2, 0) is 0 Å². The second kappa shape index (κ2) is 7.59. The lowest BCUT2D eigenvalue weighted by Gasteiger charge is -2.12. The molecule has 3 aromatic rings. The Bertz CT molecular complexity index is 997. The zero-order valence-electron chi connectivity index (χ0n) is 14.2. The smallest absolute Gasteiger partial charge is 0.269 e. The van der Waals surface area contributed by atoms with Crippen LogP contribution in [0.25, 0.3) is 5.69 Å². The van der Waals surface area contributed by atoms with E-state index in [2.05, 4.69) is 5.32 Å². The van der Waals surface area contributed by atoms with E-state index in [1.54, 1.807) is 49.1 Å². The Morgan fingerprint density at radius 3 is 2.54 bits per heavy atom. The number of aromatic nitrogens is 1. The number of para-hydroxylation sites is 1. The van der Waals surface area contributed by atoms with Crippen LogP contribution in [0.15, 0.2) is 48.5 Å². The van der Waals surface area contributed by atoms with Crippen molar-refractivity contribution in [2.24, 2.45) is 0 Å². The van der Waals surface area contributed by atoms with Gasteiger partial charge in [-0.3, -0.25) is 9.36 Å². The Kier molecular flexibility index (Phi) is 5.24. The first-order valence-corrected chi connectivity index (χ1v) is 8.87. The molecule has 0 spiro atoms. The van der Waals surface area contributed by atoms with E-state index >= 15 is 0 Å². The molecule has 0 bridgehead atoms. The van der Waals surface area contributed by atoms with E-state index in [1.165, 1.54) is 0 Å². The highest BCUT2D eigenvalue weighted by atomic mass is 32.1. The second-order valence-electron chi connectivity index (χ2n) is 5.28. The van der Waals surface area contributed by atoms with Gasteiger partial charge in [-0.1, -0.05) is 29.5 Å². The van der Waals surface area contributed by atoms with E-state index in [0.717, 1.165) is 11.3 Å². The number of methoxy groups -OCH3 is 2. The van der Waals surface area contributed by atoms with E-state index < -0.39 is 0 Å². The molecule has 0 unspecified atom stereocenters. The van der Waals surface area contributed by atoms with Crippen LogP contribution in [0.5, 0.6) is 11.5 Å². The minimum Gasteiger partial charge on any atom is -0.497 e. The molecule has 3 N–H and O–H groups in total. The van der Waals surface area contributed by atoms with Gasteiger partial charge in [0.05, 0.1) is 19.9 Å². The number of amides is 1. The summed E-state index contributed by atoms with van der Waals surface area (Å²) >= 11 is 6.58. The maximum absolute atomic E-state index is 12.6. The van der Waals surface area contributed by atoms with E-state index in [0.29, 0.717) is 31.7 Å². The molecule has 26 heavy (non-hydrogen) atoms. The predicted molar refractivity (Wildman–Crippen MR) is 106 cm³/mol. The summed E-state index contributed by atoms with van der Waals surface area (Å²) in [6.07, 6.45) is 0. The highest BCUT2D eigenvalue weighted by Crippen LogP contribution is 2.33. The number of rotatable bonds is 5. The van der Waals surface area contributed by atoms with Gasteiger partial charge >= 0.3 is 0 Å². The van der Waals surface area contributed by atoms with Crippen molar-refractivity contribution in [1.82, 2.24) is 4.57 Å². The summed E-state index contributed by atoms with van der Waals surface area (Å²) in [4.78, 5) is 12.9. The number of hydrogen-bond acceptors (Lipinski definition) is 6. The quantitative estimate of drug-likeness (QED) is 0.644. The first-order chi connectivity index (χ1) is 12.5. The minimum atomic E-state index is -0.309. The predicted octanol–water partition coefficient (Wildman–Crippen LogP) is 4.12. The number of nitrogens with two attached hydrogens (primary N) is 1. The standard InChI is InChI=1S/C18H17N3O3S2/c1-23-12-8-9-13(14(10-12)24-2)21-16(19)15(26-18(21)25)17(22)20-11-6-4-3-5-7-11/h3-10H,19H2,1-2H3,(H,20,22). The SMILES string of the molecule is COc1ccc(-n2c(N)c(C(=O)Nc3ccccc3)sc2=S)c(OC)c1. The van der Waals surface area contributed by atoms with Crippen LogP contribution in [0, 0.1) is 3.95 Å². The third-order valence-electron chi connectivity index (χ3n) is 3.71. The summed E-state index contributed by atoms with van der Waals surface area (Å²) < 4.78 is 12.7. The molecule has 0 saturated carbocycles. The maximum atomic E-state index is 12.6. The molecule has 0 aliphatic rings. The monoisotopic (exact) mass is 387 g/mol. The van der Waals surface area contributed by atoms with Gasteiger partial charge in [-0.25, -0.2) is 0 Å². The van der Waals surface area contributed by atoms with Crippen LogP contribution in [0.2, 0.25) is 0 Å². The van der Waals surface area contributed by atoms with Crippen molar-refractivity contribution < 1.29 is 14.3 Å². The molecule has 8 heteroatoms. The molecule has 1 aromatic heterocycles. The summed E-state index contributed by atoms with van der Waals surface area (Å²) in [6, 6.07) is 14.5. The Morgan fingerprint density at radius 1 is 1.15 bits per heavy atom. The highest BCUT2D eigenvalue weighted by Gasteiger charge is 2.20. The average Bonchev–Trinajstić information content (AvgIpc) is 2.96. The number of thiazole rings is 1. The number of ether oxygens (including phenoxy) is 2. The topological polar surface area (TPSA) is 78.5 Å². The molecule has 2 aromatic carbocycles. The summed E-state index contributed by atoms with van der Waals surface area (Å²) in [5.41, 5.74) is 7.57. The number of carbonyl (C=O) groups is 1. The van der Waals surface area contributed by atoms with Crippen molar-refractivity contribution >= 4 is 41.0 Å². The van der Waals surface area contributed by atoms with Crippen LogP contribution in [0.1, 0.15) is 9.67 Å². The fourth-order valence-corrected chi connectivity index (χ4v) is 3.70. The van der Waals surface area contributed by atoms with Crippen LogP contribution in [0.4, 0.5) is 11.5 Å². The largest absolute Gasteiger partial charge is 0.497 e. The second-order valence-corrected chi connectivity index (χ2v) is 6.92. The van der Waals surface area contributed by atoms with Crippen LogP contribution in [-0.4, -0.2) is 24.7 Å². The van der Waals surface area contributed by atoms with Crippen molar-refractivity contribution in [1.29, 1.82) is 0 Å². The molecule has 1 amide bonds. The highest BCUT2D eigenvalue weighted by molar-refractivity contribution is 7.73. The fourth-order valence-electron chi connectivity index (χ4n) is 2.45. The number of carbonyl (C=O) groups excluding carboxylic acids is 1. The molecule has 0 atom stereocenters. The lowest BCUT2D eigenvalue weighted by molar-refractivity contribution is 0.103. The number of nitrogens with zero attached hydrogens (tertiary/aromatic N) is 1. The van der Waals surface area contributed by atoms with Crippen LogP contribution in [0.3, 0.4) is 0 Å². The number of nitrogens with one attached hydrogen (secondary N) is 1. The third-order valence-corrected chi connectivity index (χ3v) is 5.10. The summed E-state index contributed by atoms with van der Waals surface area (Å²) in [5, 5.41) is 2.82. The number of nitrogen functional groups attached to an aromatic ring is 1. The Hall–Kier alpha value is -2.84. The molecule has 6 nitrogen and oxygen atoms in total. The number of benzene rings is 2. The van der Waals surface area contributed by atoms with Gasteiger partial charge < -0.3 is 20.5 Å². The molecule has 0 aliphatic carbocycles. The van der Waals surface area contributed by atoms with Gasteiger partial charge in [0.1, 0.15) is 22.2 Å². The van der Waals surface area contributed by atoms with Gasteiger partial charge in [-0.05, 0) is 36.5 Å². The van der Waals surface area contributed by atoms with Gasteiger partial charge in [0.15, 0.2) is 3.95 Å². The summed E-state index contributed by atoms with van der Waals surface area (Å²) in [5.74, 6) is 1.14. The Labute approximate surface area is 159 Å². The molecular weight excluding hydrogens is 370 g/mol.